The molecule has 1 aliphatic carbocycles. The molecule has 0 saturated heterocycles. The van der Waals surface area contributed by atoms with Crippen molar-refractivity contribution < 1.29 is 0 Å². The first-order chi connectivity index (χ1) is 2.21. The summed E-state index contributed by atoms with van der Waals surface area (Å²) in [5.74, 6) is 0. The van der Waals surface area contributed by atoms with Crippen LogP contribution in [-0.2, 0) is 0 Å². The molecule has 0 bridgehead atoms. The molecule has 0 atom stereocenters. The highest BCUT2D eigenvalue weighted by molar-refractivity contribution is 5.85. The Morgan fingerprint density at radius 2 is 1.33 bits per heavy atom. The van der Waals surface area contributed by atoms with E-state index >= 15 is 0 Å². The third-order valence-corrected chi connectivity index (χ3v) is 0.827. The van der Waals surface area contributed by atoms with Crippen molar-refractivity contribution >= 4 is 12.4 Å². The third kappa shape index (κ3) is 1.60. The minimum Gasteiger partial charge on any atom is -0.313 e. The van der Waals surface area contributed by atoms with Crippen LogP contribution in [0.3, 0.4) is 0 Å². The Morgan fingerprint density at radius 1 is 1.17 bits per heavy atom. The fourth-order valence-electron chi connectivity index (χ4n) is 0.144. The van der Waals surface area contributed by atoms with Gasteiger partial charge in [-0.25, -0.2) is 0 Å². The fourth-order valence-corrected chi connectivity index (χ4v) is 0.144. The van der Waals surface area contributed by atoms with Crippen molar-refractivity contribution in [2.45, 2.75) is 18.5 Å². The Labute approximate surface area is 43.3 Å². The average Bonchev–Trinajstić information content (AvgIpc) is 1.76. The van der Waals surface area contributed by atoms with E-state index in [0.29, 0.717) is 0 Å². The van der Waals surface area contributed by atoms with Gasteiger partial charge in [-0.1, -0.05) is 0 Å². The first-order valence-electron chi connectivity index (χ1n) is 1.78. The monoisotopic (exact) mass is 108 g/mol. The number of hydrogen-bond donors (Lipinski definition) is 2. The molecule has 0 amide bonds. The summed E-state index contributed by atoms with van der Waals surface area (Å²) in [5, 5.41) is 0. The van der Waals surface area contributed by atoms with Gasteiger partial charge in [-0.05, 0) is 12.8 Å². The van der Waals surface area contributed by atoms with Gasteiger partial charge < -0.3 is 11.5 Å². The molecule has 3 heteroatoms. The largest absolute Gasteiger partial charge is 0.313 e. The molecular weight excluding hydrogens is 99.5 g/mol. The van der Waals surface area contributed by atoms with Gasteiger partial charge in [0, 0.05) is 0 Å². The van der Waals surface area contributed by atoms with Crippen molar-refractivity contribution in [2.24, 2.45) is 11.5 Å². The number of halogens is 1. The topological polar surface area (TPSA) is 52.0 Å². The zero-order chi connectivity index (χ0) is 3.91. The number of rotatable bonds is 0. The Morgan fingerprint density at radius 3 is 1.33 bits per heavy atom. The highest BCUT2D eigenvalue weighted by atomic mass is 35.5. The van der Waals surface area contributed by atoms with Gasteiger partial charge in [-0.15, -0.1) is 12.4 Å². The van der Waals surface area contributed by atoms with Crippen LogP contribution in [0.2, 0.25) is 0 Å². The quantitative estimate of drug-likeness (QED) is 0.423. The van der Waals surface area contributed by atoms with Gasteiger partial charge in [0.1, 0.15) is 0 Å². The van der Waals surface area contributed by atoms with E-state index in [1.807, 2.05) is 0 Å². The lowest BCUT2D eigenvalue weighted by atomic mass is 10.6. The lowest BCUT2D eigenvalue weighted by molar-refractivity contribution is 0.719. The summed E-state index contributed by atoms with van der Waals surface area (Å²) >= 11 is 0. The van der Waals surface area contributed by atoms with E-state index in [9.17, 15) is 0 Å². The molecule has 6 heavy (non-hydrogen) atoms. The first kappa shape index (κ1) is 6.21. The predicted octanol–water partition coefficient (Wildman–Crippen LogP) is -0.184. The van der Waals surface area contributed by atoms with Crippen LogP contribution >= 0.6 is 12.4 Å². The molecule has 0 heterocycles. The summed E-state index contributed by atoms with van der Waals surface area (Å²) in [6, 6.07) is 0. The van der Waals surface area contributed by atoms with Crippen molar-refractivity contribution in [2.75, 3.05) is 0 Å². The average molecular weight is 109 g/mol. The normalized spacial score (nSPS) is 25.0. The molecule has 0 unspecified atom stereocenters. The van der Waals surface area contributed by atoms with E-state index in [1.165, 1.54) is 0 Å². The van der Waals surface area contributed by atoms with Gasteiger partial charge in [0.2, 0.25) is 0 Å². The SMILES string of the molecule is Cl.NC1(N)CC1. The fraction of sp³-hybridized carbons (Fsp3) is 1.00. The summed E-state index contributed by atoms with van der Waals surface area (Å²) in [4.78, 5) is 0. The van der Waals surface area contributed by atoms with Crippen LogP contribution in [0.4, 0.5) is 0 Å². The van der Waals surface area contributed by atoms with Gasteiger partial charge in [-0.2, -0.15) is 0 Å². The van der Waals surface area contributed by atoms with E-state index in [4.69, 9.17) is 11.5 Å². The molecule has 1 fully saturated rings. The maximum Gasteiger partial charge on any atom is 0.0639 e. The second-order valence-corrected chi connectivity index (χ2v) is 1.73. The first-order valence-corrected chi connectivity index (χ1v) is 1.78. The van der Waals surface area contributed by atoms with Gasteiger partial charge in [0.25, 0.3) is 0 Å². The van der Waals surface area contributed by atoms with Crippen LogP contribution in [-0.4, -0.2) is 5.66 Å². The van der Waals surface area contributed by atoms with Gasteiger partial charge in [-0.3, -0.25) is 0 Å². The molecule has 0 aliphatic heterocycles. The lowest BCUT2D eigenvalue weighted by Gasteiger charge is -1.89. The minimum atomic E-state index is -0.250. The Hall–Kier alpha value is 0.210. The highest BCUT2D eigenvalue weighted by Gasteiger charge is 2.32. The molecular formula is C3H9ClN2. The van der Waals surface area contributed by atoms with Gasteiger partial charge in [0.15, 0.2) is 0 Å². The summed E-state index contributed by atoms with van der Waals surface area (Å²) < 4.78 is 0. The Kier molecular flexibility index (Phi) is 1.42. The van der Waals surface area contributed by atoms with E-state index in [-0.39, 0.29) is 18.1 Å². The molecule has 0 aromatic heterocycles. The molecule has 0 aromatic rings. The Bertz CT molecular complexity index is 46.8. The molecule has 0 radical (unpaired) electrons. The number of hydrogen-bond acceptors (Lipinski definition) is 2. The third-order valence-electron chi connectivity index (χ3n) is 0.827. The molecule has 2 nitrogen and oxygen atoms in total. The molecule has 1 saturated carbocycles. The van der Waals surface area contributed by atoms with Crippen molar-refractivity contribution in [1.82, 2.24) is 0 Å². The van der Waals surface area contributed by atoms with Crippen LogP contribution in [0.25, 0.3) is 0 Å². The van der Waals surface area contributed by atoms with E-state index in [2.05, 4.69) is 0 Å². The summed E-state index contributed by atoms with van der Waals surface area (Å²) in [6.07, 6.45) is 2.01. The van der Waals surface area contributed by atoms with Crippen LogP contribution in [0, 0.1) is 0 Å². The van der Waals surface area contributed by atoms with Crippen molar-refractivity contribution in [1.29, 1.82) is 0 Å². The maximum atomic E-state index is 5.24. The van der Waals surface area contributed by atoms with E-state index in [0.717, 1.165) is 12.8 Å². The maximum absolute atomic E-state index is 5.24. The van der Waals surface area contributed by atoms with E-state index < -0.39 is 0 Å². The molecule has 38 valence electrons. The Balaban J connectivity index is 0.000000250. The zero-order valence-corrected chi connectivity index (χ0v) is 4.29. The smallest absolute Gasteiger partial charge is 0.0639 e. The summed E-state index contributed by atoms with van der Waals surface area (Å²) in [6.45, 7) is 0. The van der Waals surface area contributed by atoms with Crippen LogP contribution in [0.15, 0.2) is 0 Å². The van der Waals surface area contributed by atoms with Crippen LogP contribution < -0.4 is 11.5 Å². The summed E-state index contributed by atoms with van der Waals surface area (Å²) in [5.41, 5.74) is 10.2. The van der Waals surface area contributed by atoms with Crippen molar-refractivity contribution in [3.05, 3.63) is 0 Å². The van der Waals surface area contributed by atoms with E-state index in [1.54, 1.807) is 0 Å². The van der Waals surface area contributed by atoms with Crippen molar-refractivity contribution in [3.8, 4) is 0 Å². The van der Waals surface area contributed by atoms with Crippen LogP contribution in [0.1, 0.15) is 12.8 Å². The number of nitrogens with two attached hydrogens (primary N) is 2. The zero-order valence-electron chi connectivity index (χ0n) is 3.48. The molecule has 4 N–H and O–H groups in total. The summed E-state index contributed by atoms with van der Waals surface area (Å²) in [7, 11) is 0. The lowest BCUT2D eigenvalue weighted by Crippen LogP contribution is -2.32. The van der Waals surface area contributed by atoms with Crippen molar-refractivity contribution in [3.63, 3.8) is 0 Å². The second-order valence-electron chi connectivity index (χ2n) is 1.73. The second kappa shape index (κ2) is 1.37. The standard InChI is InChI=1S/C3H8N2.ClH/c4-3(5)1-2-3;/h1-2,4-5H2;1H. The minimum absolute atomic E-state index is 0. The van der Waals surface area contributed by atoms with Crippen LogP contribution in [0.5, 0.6) is 0 Å². The molecule has 0 spiro atoms. The highest BCUT2D eigenvalue weighted by Crippen LogP contribution is 2.24. The van der Waals surface area contributed by atoms with Gasteiger partial charge in [0.05, 0.1) is 5.66 Å². The molecule has 0 aromatic carbocycles. The molecule has 1 rings (SSSR count). The predicted molar refractivity (Wildman–Crippen MR) is 27.6 cm³/mol. The van der Waals surface area contributed by atoms with Gasteiger partial charge >= 0.3 is 0 Å². The molecule has 1 aliphatic rings.